The monoisotopic (exact) mass is 363 g/mol. The van der Waals surface area contributed by atoms with Gasteiger partial charge >= 0.3 is 6.36 Å². The molecule has 0 spiro atoms. The second-order valence-corrected chi connectivity index (χ2v) is 5.64. The van der Waals surface area contributed by atoms with E-state index in [-0.39, 0.29) is 5.69 Å². The zero-order valence-electron chi connectivity index (χ0n) is 13.6. The fourth-order valence-electron chi connectivity index (χ4n) is 2.29. The fraction of sp³-hybridized carbons (Fsp3) is 0.471. The number of aliphatic hydroxyl groups is 1. The van der Waals surface area contributed by atoms with E-state index in [1.54, 1.807) is 6.08 Å². The zero-order valence-corrected chi connectivity index (χ0v) is 13.6. The van der Waals surface area contributed by atoms with Crippen LogP contribution in [-0.2, 0) is 4.79 Å². The van der Waals surface area contributed by atoms with Crippen LogP contribution in [0.5, 0.6) is 5.75 Å². The number of carbonyl (C=O) groups excluding carboxylic acids is 1. The summed E-state index contributed by atoms with van der Waals surface area (Å²) in [5.74, 6) is -2.20. The van der Waals surface area contributed by atoms with Gasteiger partial charge in [0.2, 0.25) is 0 Å². The van der Waals surface area contributed by atoms with Gasteiger partial charge in [0.1, 0.15) is 11.8 Å². The molecule has 0 fully saturated rings. The third-order valence-electron chi connectivity index (χ3n) is 3.59. The number of aliphatic hydroxyl groups excluding tert-OH is 1. The topological polar surface area (TPSA) is 58.6 Å². The van der Waals surface area contributed by atoms with Crippen LogP contribution in [0.25, 0.3) is 0 Å². The van der Waals surface area contributed by atoms with Crippen molar-refractivity contribution in [1.82, 2.24) is 0 Å². The van der Waals surface area contributed by atoms with Crippen LogP contribution in [0.2, 0.25) is 0 Å². The number of alkyl halides is 3. The third-order valence-corrected chi connectivity index (χ3v) is 3.59. The molecule has 0 heterocycles. The van der Waals surface area contributed by atoms with Crippen molar-refractivity contribution < 1.29 is 32.2 Å². The SMILES string of the molecule is C=CCCCCC[C@](C=O)(CO)Nc1ccc(OC(F)(F)F)c(F)c1. The zero-order chi connectivity index (χ0) is 18.9. The quantitative estimate of drug-likeness (QED) is 0.268. The number of carbonyl (C=O) groups is 1. The van der Waals surface area contributed by atoms with Gasteiger partial charge in [-0.1, -0.05) is 18.9 Å². The molecule has 0 aliphatic heterocycles. The Kier molecular flexibility index (Phi) is 7.89. The Morgan fingerprint density at radius 2 is 1.96 bits per heavy atom. The maximum Gasteiger partial charge on any atom is 0.573 e. The summed E-state index contributed by atoms with van der Waals surface area (Å²) < 4.78 is 53.7. The average Bonchev–Trinajstić information content (AvgIpc) is 2.55. The molecule has 8 heteroatoms. The van der Waals surface area contributed by atoms with Crippen molar-refractivity contribution in [2.24, 2.45) is 0 Å². The Balaban J connectivity index is 2.78. The molecular weight excluding hydrogens is 342 g/mol. The third kappa shape index (κ3) is 7.13. The first-order chi connectivity index (χ1) is 11.7. The van der Waals surface area contributed by atoms with Gasteiger partial charge in [-0.3, -0.25) is 0 Å². The van der Waals surface area contributed by atoms with Crippen LogP contribution in [0.15, 0.2) is 30.9 Å². The van der Waals surface area contributed by atoms with Crippen molar-refractivity contribution in [3.8, 4) is 5.75 Å². The van der Waals surface area contributed by atoms with Crippen LogP contribution in [0, 0.1) is 5.82 Å². The van der Waals surface area contributed by atoms with Gasteiger partial charge in [0.15, 0.2) is 11.6 Å². The average molecular weight is 363 g/mol. The Hall–Kier alpha value is -2.09. The summed E-state index contributed by atoms with van der Waals surface area (Å²) in [6.45, 7) is 3.08. The van der Waals surface area contributed by atoms with Crippen LogP contribution >= 0.6 is 0 Å². The van der Waals surface area contributed by atoms with Crippen molar-refractivity contribution in [3.63, 3.8) is 0 Å². The summed E-state index contributed by atoms with van der Waals surface area (Å²) in [5.41, 5.74) is -1.26. The molecule has 0 aliphatic carbocycles. The van der Waals surface area contributed by atoms with Crippen molar-refractivity contribution >= 4 is 12.0 Å². The predicted octanol–water partition coefficient (Wildman–Crippen LogP) is 4.20. The van der Waals surface area contributed by atoms with Gasteiger partial charge in [0, 0.05) is 11.8 Å². The van der Waals surface area contributed by atoms with E-state index in [1.165, 1.54) is 0 Å². The minimum absolute atomic E-state index is 0.0688. The summed E-state index contributed by atoms with van der Waals surface area (Å²) in [6.07, 6.45) is 0.789. The molecule has 0 saturated heterocycles. The molecular formula is C17H21F4NO3. The highest BCUT2D eigenvalue weighted by Gasteiger charge is 2.33. The Morgan fingerprint density at radius 3 is 2.48 bits per heavy atom. The number of anilines is 1. The number of nitrogens with one attached hydrogen (secondary N) is 1. The molecule has 1 rings (SSSR count). The first-order valence-electron chi connectivity index (χ1n) is 7.77. The number of hydrogen-bond acceptors (Lipinski definition) is 4. The molecule has 2 N–H and O–H groups in total. The van der Waals surface area contributed by atoms with E-state index in [9.17, 15) is 27.5 Å². The number of aldehydes is 1. The van der Waals surface area contributed by atoms with Gasteiger partial charge in [0.05, 0.1) is 6.61 Å². The Labute approximate surface area is 143 Å². The van der Waals surface area contributed by atoms with Gasteiger partial charge in [-0.25, -0.2) is 4.39 Å². The minimum atomic E-state index is -5.00. The van der Waals surface area contributed by atoms with Crippen LogP contribution in [0.4, 0.5) is 23.2 Å². The number of unbranched alkanes of at least 4 members (excludes halogenated alkanes) is 3. The van der Waals surface area contributed by atoms with Gasteiger partial charge in [-0.05, 0) is 31.4 Å². The normalized spacial score (nSPS) is 13.8. The summed E-state index contributed by atoms with van der Waals surface area (Å²) in [6, 6.07) is 2.74. The Bertz CT molecular complexity index is 578. The standard InChI is InChI=1S/C17H21F4NO3/c1-2-3-4-5-6-9-16(11-23,12-24)22-13-7-8-15(14(18)10-13)25-17(19,20)21/h2,7-8,10-11,22,24H,1,3-6,9,12H2/t16-/m0/s1. The maximum atomic E-state index is 13.7. The summed E-state index contributed by atoms with van der Waals surface area (Å²) >= 11 is 0. The molecule has 0 aliphatic rings. The van der Waals surface area contributed by atoms with E-state index in [2.05, 4.69) is 16.6 Å². The lowest BCUT2D eigenvalue weighted by molar-refractivity contribution is -0.275. The van der Waals surface area contributed by atoms with Gasteiger partial charge in [0.25, 0.3) is 0 Å². The highest BCUT2D eigenvalue weighted by molar-refractivity contribution is 5.71. The molecule has 140 valence electrons. The molecule has 0 radical (unpaired) electrons. The molecule has 4 nitrogen and oxygen atoms in total. The molecule has 0 aromatic heterocycles. The van der Waals surface area contributed by atoms with E-state index in [1.807, 2.05) is 0 Å². The van der Waals surface area contributed by atoms with E-state index in [0.29, 0.717) is 19.1 Å². The van der Waals surface area contributed by atoms with Gasteiger partial charge in [-0.15, -0.1) is 19.8 Å². The first-order valence-corrected chi connectivity index (χ1v) is 7.77. The number of halogens is 4. The highest BCUT2D eigenvalue weighted by Crippen LogP contribution is 2.29. The largest absolute Gasteiger partial charge is 0.573 e. The molecule has 1 aromatic rings. The van der Waals surface area contributed by atoms with Crippen LogP contribution in [0.1, 0.15) is 32.1 Å². The van der Waals surface area contributed by atoms with Gasteiger partial charge < -0.3 is 20.0 Å². The molecule has 1 atom stereocenters. The van der Waals surface area contributed by atoms with Crippen LogP contribution in [0.3, 0.4) is 0 Å². The lowest BCUT2D eigenvalue weighted by Gasteiger charge is -2.28. The predicted molar refractivity (Wildman–Crippen MR) is 85.9 cm³/mol. The number of rotatable bonds is 11. The second-order valence-electron chi connectivity index (χ2n) is 5.64. The number of benzene rings is 1. The number of allylic oxidation sites excluding steroid dienone is 1. The lowest BCUT2D eigenvalue weighted by Crippen LogP contribution is -2.44. The maximum absolute atomic E-state index is 13.7. The van der Waals surface area contributed by atoms with Gasteiger partial charge in [-0.2, -0.15) is 0 Å². The molecule has 0 bridgehead atoms. The molecule has 25 heavy (non-hydrogen) atoms. The molecule has 0 amide bonds. The smallest absolute Gasteiger partial charge is 0.403 e. The first kappa shape index (κ1) is 21.0. The lowest BCUT2D eigenvalue weighted by atomic mass is 9.93. The van der Waals surface area contributed by atoms with Crippen molar-refractivity contribution in [3.05, 3.63) is 36.7 Å². The van der Waals surface area contributed by atoms with E-state index in [0.717, 1.165) is 37.5 Å². The summed E-state index contributed by atoms with van der Waals surface area (Å²) in [5, 5.41) is 12.2. The number of ether oxygens (including phenoxy) is 1. The molecule has 0 saturated carbocycles. The highest BCUT2D eigenvalue weighted by atomic mass is 19.4. The van der Waals surface area contributed by atoms with Crippen molar-refractivity contribution in [1.29, 1.82) is 0 Å². The van der Waals surface area contributed by atoms with E-state index < -0.39 is 30.1 Å². The molecule has 0 unspecified atom stereocenters. The van der Waals surface area contributed by atoms with Crippen LogP contribution in [-0.4, -0.2) is 29.9 Å². The Morgan fingerprint density at radius 1 is 1.24 bits per heavy atom. The van der Waals surface area contributed by atoms with Crippen molar-refractivity contribution in [2.45, 2.75) is 44.0 Å². The van der Waals surface area contributed by atoms with Crippen LogP contribution < -0.4 is 10.1 Å². The number of hydrogen-bond donors (Lipinski definition) is 2. The second kappa shape index (κ2) is 9.41. The van der Waals surface area contributed by atoms with E-state index in [4.69, 9.17) is 0 Å². The van der Waals surface area contributed by atoms with E-state index >= 15 is 0 Å². The molecule has 1 aromatic carbocycles. The minimum Gasteiger partial charge on any atom is -0.403 e. The fourth-order valence-corrected chi connectivity index (χ4v) is 2.29. The summed E-state index contributed by atoms with van der Waals surface area (Å²) in [7, 11) is 0. The summed E-state index contributed by atoms with van der Waals surface area (Å²) in [4.78, 5) is 11.4. The van der Waals surface area contributed by atoms with Crippen molar-refractivity contribution in [2.75, 3.05) is 11.9 Å².